The molecule has 0 fully saturated rings. The SMILES string of the molecule is [CH2-]OCCCl.[Cl-].[Mg+2]. The Morgan fingerprint density at radius 2 is 2.00 bits per heavy atom. The molecule has 0 saturated carbocycles. The van der Waals surface area contributed by atoms with E-state index in [4.69, 9.17) is 11.6 Å². The molecule has 0 aliphatic carbocycles. The Morgan fingerprint density at radius 3 is 2.00 bits per heavy atom. The Balaban J connectivity index is -0.0000000800. The molecule has 40 valence electrons. The van der Waals surface area contributed by atoms with Crippen molar-refractivity contribution in [2.75, 3.05) is 12.5 Å². The van der Waals surface area contributed by atoms with Gasteiger partial charge in [-0.1, -0.05) is 0 Å². The molecule has 4 heteroatoms. The van der Waals surface area contributed by atoms with Crippen molar-refractivity contribution in [3.63, 3.8) is 0 Å². The first-order valence-electron chi connectivity index (χ1n) is 1.34. The van der Waals surface area contributed by atoms with Gasteiger partial charge in [0.1, 0.15) is 0 Å². The molecule has 0 aliphatic heterocycles. The van der Waals surface area contributed by atoms with E-state index in [0.717, 1.165) is 0 Å². The molecular formula is C3H6Cl2MgO. The van der Waals surface area contributed by atoms with E-state index >= 15 is 0 Å². The maximum Gasteiger partial charge on any atom is 2.00 e. The molecule has 0 spiro atoms. The summed E-state index contributed by atoms with van der Waals surface area (Å²) in [5, 5.41) is 0. The number of hydrogen-bond acceptors (Lipinski definition) is 1. The minimum atomic E-state index is 0. The van der Waals surface area contributed by atoms with Crippen molar-refractivity contribution < 1.29 is 17.1 Å². The molecule has 0 atom stereocenters. The van der Waals surface area contributed by atoms with Crippen molar-refractivity contribution in [2.45, 2.75) is 0 Å². The van der Waals surface area contributed by atoms with Gasteiger partial charge in [-0.2, -0.15) is 0 Å². The van der Waals surface area contributed by atoms with Gasteiger partial charge in [-0.05, 0) is 0 Å². The van der Waals surface area contributed by atoms with Crippen LogP contribution in [0.1, 0.15) is 0 Å². The third-order valence-electron chi connectivity index (χ3n) is 0.221. The van der Waals surface area contributed by atoms with Gasteiger partial charge in [0.25, 0.3) is 0 Å². The Hall–Kier alpha value is 1.31. The molecule has 7 heavy (non-hydrogen) atoms. The number of hydrogen-bond donors (Lipinski definition) is 0. The first-order valence-corrected chi connectivity index (χ1v) is 1.88. The first kappa shape index (κ1) is 15.7. The quantitative estimate of drug-likeness (QED) is 0.245. The predicted octanol–water partition coefficient (Wildman–Crippen LogP) is -2.34. The van der Waals surface area contributed by atoms with Gasteiger partial charge in [-0.3, -0.25) is 0 Å². The van der Waals surface area contributed by atoms with E-state index in [0.29, 0.717) is 12.5 Å². The smallest absolute Gasteiger partial charge is 1.00 e. The van der Waals surface area contributed by atoms with Gasteiger partial charge >= 0.3 is 23.1 Å². The molecule has 0 saturated heterocycles. The van der Waals surface area contributed by atoms with E-state index in [1.807, 2.05) is 0 Å². The van der Waals surface area contributed by atoms with E-state index in [9.17, 15) is 0 Å². The fourth-order valence-electron chi connectivity index (χ4n) is 0.0546. The molecule has 0 rings (SSSR count). The average molecular weight is 153 g/mol. The molecule has 0 aliphatic rings. The molecule has 0 aromatic carbocycles. The minimum Gasteiger partial charge on any atom is -1.00 e. The van der Waals surface area contributed by atoms with Crippen LogP contribution >= 0.6 is 11.6 Å². The summed E-state index contributed by atoms with van der Waals surface area (Å²) in [5.74, 6) is 0.531. The molecule has 1 nitrogen and oxygen atoms in total. The summed E-state index contributed by atoms with van der Waals surface area (Å²) < 4.78 is 4.31. The number of halogens is 2. The predicted molar refractivity (Wildman–Crippen MR) is 27.8 cm³/mol. The summed E-state index contributed by atoms with van der Waals surface area (Å²) >= 11 is 5.14. The van der Waals surface area contributed by atoms with Crippen LogP contribution in [-0.2, 0) is 4.74 Å². The topological polar surface area (TPSA) is 9.23 Å². The van der Waals surface area contributed by atoms with Crippen molar-refractivity contribution in [1.82, 2.24) is 0 Å². The summed E-state index contributed by atoms with van der Waals surface area (Å²) in [5.41, 5.74) is 0. The van der Waals surface area contributed by atoms with Crippen LogP contribution in [0.2, 0.25) is 0 Å². The van der Waals surface area contributed by atoms with Gasteiger partial charge in [-0.25, -0.2) is 7.11 Å². The summed E-state index contributed by atoms with van der Waals surface area (Å²) in [6, 6.07) is 0. The monoisotopic (exact) mass is 152 g/mol. The molecule has 0 radical (unpaired) electrons. The molecule has 0 aromatic heterocycles. The minimum absolute atomic E-state index is 0. The third-order valence-corrected chi connectivity index (χ3v) is 0.376. The fourth-order valence-corrected chi connectivity index (χ4v) is 0.164. The van der Waals surface area contributed by atoms with E-state index < -0.39 is 0 Å². The molecule has 0 unspecified atom stereocenters. The summed E-state index contributed by atoms with van der Waals surface area (Å²) in [4.78, 5) is 0. The van der Waals surface area contributed by atoms with Crippen LogP contribution in [0.3, 0.4) is 0 Å². The zero-order valence-electron chi connectivity index (χ0n) is 3.99. The maximum atomic E-state index is 5.14. The van der Waals surface area contributed by atoms with Crippen molar-refractivity contribution in [3.8, 4) is 0 Å². The second kappa shape index (κ2) is 15.7. The van der Waals surface area contributed by atoms with Crippen LogP contribution < -0.4 is 12.4 Å². The average Bonchev–Trinajstić information content (AvgIpc) is 1.41. The molecular weight excluding hydrogens is 147 g/mol. The second-order valence-corrected chi connectivity index (χ2v) is 0.975. The van der Waals surface area contributed by atoms with E-state index in [1.54, 1.807) is 0 Å². The summed E-state index contributed by atoms with van der Waals surface area (Å²) in [7, 11) is 3.09. The van der Waals surface area contributed by atoms with Crippen molar-refractivity contribution in [3.05, 3.63) is 7.11 Å². The zero-order chi connectivity index (χ0) is 4.12. The fraction of sp³-hybridized carbons (Fsp3) is 0.667. The Labute approximate surface area is 71.3 Å². The van der Waals surface area contributed by atoms with Crippen LogP contribution in [-0.4, -0.2) is 35.5 Å². The zero-order valence-corrected chi connectivity index (χ0v) is 6.92. The number of alkyl halides is 1. The van der Waals surface area contributed by atoms with Gasteiger partial charge in [0.15, 0.2) is 0 Å². The molecule has 0 N–H and O–H groups in total. The summed E-state index contributed by atoms with van der Waals surface area (Å²) in [6.07, 6.45) is 0. The number of ether oxygens (including phenoxy) is 1. The second-order valence-electron chi connectivity index (χ2n) is 0.597. The third kappa shape index (κ3) is 18.8. The van der Waals surface area contributed by atoms with Gasteiger partial charge in [-0.15, -0.1) is 11.6 Å². The van der Waals surface area contributed by atoms with E-state index in [-0.39, 0.29) is 35.5 Å². The van der Waals surface area contributed by atoms with Gasteiger partial charge < -0.3 is 17.1 Å². The van der Waals surface area contributed by atoms with Crippen LogP contribution in [0.5, 0.6) is 0 Å². The van der Waals surface area contributed by atoms with Crippen molar-refractivity contribution in [2.24, 2.45) is 0 Å². The molecule has 0 heterocycles. The van der Waals surface area contributed by atoms with E-state index in [1.165, 1.54) is 0 Å². The van der Waals surface area contributed by atoms with Gasteiger partial charge in [0.2, 0.25) is 0 Å². The maximum absolute atomic E-state index is 5.14. The Kier molecular flexibility index (Phi) is 35.2. The van der Waals surface area contributed by atoms with Crippen LogP contribution in [0, 0.1) is 7.11 Å². The van der Waals surface area contributed by atoms with Crippen LogP contribution in [0.25, 0.3) is 0 Å². The standard InChI is InChI=1S/C3H6ClO.ClH.Mg/c1-5-3-2-4;;/h1-3H2;1H;/q-1;;+2/p-1. The van der Waals surface area contributed by atoms with Crippen molar-refractivity contribution in [1.29, 1.82) is 0 Å². The molecule has 0 bridgehead atoms. The summed E-state index contributed by atoms with van der Waals surface area (Å²) in [6.45, 7) is 0.543. The Morgan fingerprint density at radius 1 is 1.57 bits per heavy atom. The van der Waals surface area contributed by atoms with Gasteiger partial charge in [0, 0.05) is 12.5 Å². The first-order chi connectivity index (χ1) is 2.41. The Bertz CT molecular complexity index is 20.4. The number of rotatable bonds is 2. The van der Waals surface area contributed by atoms with Crippen LogP contribution in [0.4, 0.5) is 0 Å². The van der Waals surface area contributed by atoms with Crippen LogP contribution in [0.15, 0.2) is 0 Å². The normalized spacial score (nSPS) is 6.00. The molecule has 0 amide bonds. The van der Waals surface area contributed by atoms with Crippen molar-refractivity contribution >= 4 is 34.7 Å². The van der Waals surface area contributed by atoms with E-state index in [2.05, 4.69) is 11.8 Å². The van der Waals surface area contributed by atoms with Gasteiger partial charge in [0.05, 0.1) is 0 Å². The molecule has 0 aromatic rings. The largest absolute Gasteiger partial charge is 2.00 e.